The van der Waals surface area contributed by atoms with E-state index in [1.165, 1.54) is 23.3 Å². The predicted molar refractivity (Wildman–Crippen MR) is 123 cm³/mol. The van der Waals surface area contributed by atoms with Crippen molar-refractivity contribution < 1.29 is 19.1 Å². The minimum absolute atomic E-state index is 0.0533. The molecule has 0 heterocycles. The monoisotopic (exact) mass is 418 g/mol. The van der Waals surface area contributed by atoms with Crippen molar-refractivity contribution in [2.45, 2.75) is 51.4 Å². The summed E-state index contributed by atoms with van der Waals surface area (Å²) in [5.74, 6) is -0.296. The van der Waals surface area contributed by atoms with Crippen molar-refractivity contribution in [3.8, 4) is 5.75 Å². The molecule has 0 aliphatic heterocycles. The van der Waals surface area contributed by atoms with Crippen LogP contribution in [0, 0.1) is 0 Å². The number of carbonyl (C=O) groups excluding carboxylic acids is 2. The third kappa shape index (κ3) is 5.32. The highest BCUT2D eigenvalue weighted by atomic mass is 16.5. The van der Waals surface area contributed by atoms with E-state index in [0.717, 1.165) is 18.4 Å². The van der Waals surface area contributed by atoms with Crippen LogP contribution in [-0.2, 0) is 20.4 Å². The van der Waals surface area contributed by atoms with E-state index in [1.54, 1.807) is 30.3 Å². The molecule has 0 amide bonds. The molecule has 0 unspecified atom stereocenters. The number of hydrogen-bond donors (Lipinski definition) is 0. The Labute approximate surface area is 184 Å². The Hall–Kier alpha value is -3.14. The molecule has 0 spiro atoms. The molecule has 1 aliphatic rings. The normalized spacial score (nSPS) is 16.4. The fraction of sp³-hybridized carbons (Fsp3) is 0.333. The molecule has 0 bridgehead atoms. The molecular weight excluding hydrogens is 388 g/mol. The Morgan fingerprint density at radius 1 is 0.968 bits per heavy atom. The van der Waals surface area contributed by atoms with Crippen LogP contribution in [-0.4, -0.2) is 18.5 Å². The molecule has 0 radical (unpaired) electrons. The molecule has 0 aromatic heterocycles. The van der Waals surface area contributed by atoms with Gasteiger partial charge >= 0.3 is 11.9 Å². The number of rotatable bonds is 6. The second-order valence-corrected chi connectivity index (χ2v) is 9.24. The Morgan fingerprint density at radius 2 is 1.61 bits per heavy atom. The summed E-state index contributed by atoms with van der Waals surface area (Å²) >= 11 is 0. The molecule has 0 N–H and O–H groups in total. The van der Waals surface area contributed by atoms with Gasteiger partial charge in [0.05, 0.1) is 5.56 Å². The largest absolute Gasteiger partial charge is 0.458 e. The van der Waals surface area contributed by atoms with Gasteiger partial charge in [-0.2, -0.15) is 0 Å². The van der Waals surface area contributed by atoms with Gasteiger partial charge in [0.25, 0.3) is 0 Å². The van der Waals surface area contributed by atoms with Crippen LogP contribution in [0.3, 0.4) is 0 Å². The van der Waals surface area contributed by atoms with Crippen LogP contribution in [0.4, 0.5) is 0 Å². The van der Waals surface area contributed by atoms with Crippen molar-refractivity contribution >= 4 is 18.0 Å². The molecular formula is C27H30O4. The lowest BCUT2D eigenvalue weighted by atomic mass is 9.63. The van der Waals surface area contributed by atoms with Gasteiger partial charge in [0, 0.05) is 6.08 Å². The summed E-state index contributed by atoms with van der Waals surface area (Å²) in [6, 6.07) is 12.8. The maximum Gasteiger partial charge on any atom is 0.338 e. The highest BCUT2D eigenvalue weighted by Gasteiger charge is 2.37. The molecule has 3 rings (SSSR count). The van der Waals surface area contributed by atoms with Crippen LogP contribution in [0.2, 0.25) is 0 Å². The lowest BCUT2D eigenvalue weighted by molar-refractivity contribution is -0.128. The summed E-state index contributed by atoms with van der Waals surface area (Å²) < 4.78 is 10.6. The van der Waals surface area contributed by atoms with Gasteiger partial charge in [-0.15, -0.1) is 0 Å². The van der Waals surface area contributed by atoms with Crippen molar-refractivity contribution in [3.63, 3.8) is 0 Å². The standard InChI is InChI=1S/C27H30O4/c1-6-17-30-25(29)20-10-7-19(8-11-20)9-14-24(28)31-21-12-13-22-23(18-21)27(4,5)16-15-26(22,2)3/h6-14,18H,1,15-17H2,2-5H3. The lowest BCUT2D eigenvalue weighted by Crippen LogP contribution is -2.33. The van der Waals surface area contributed by atoms with Crippen molar-refractivity contribution in [1.82, 2.24) is 0 Å². The third-order valence-corrected chi connectivity index (χ3v) is 5.93. The van der Waals surface area contributed by atoms with E-state index in [4.69, 9.17) is 9.47 Å². The number of benzene rings is 2. The summed E-state index contributed by atoms with van der Waals surface area (Å²) in [5.41, 5.74) is 3.98. The summed E-state index contributed by atoms with van der Waals surface area (Å²) in [7, 11) is 0. The molecule has 4 heteroatoms. The number of ether oxygens (including phenoxy) is 2. The van der Waals surface area contributed by atoms with Gasteiger partial charge in [-0.3, -0.25) is 0 Å². The quantitative estimate of drug-likeness (QED) is 0.250. The van der Waals surface area contributed by atoms with E-state index in [1.807, 2.05) is 12.1 Å². The molecule has 1 aliphatic carbocycles. The Kier molecular flexibility index (Phi) is 6.49. The van der Waals surface area contributed by atoms with Crippen molar-refractivity contribution in [2.24, 2.45) is 0 Å². The minimum atomic E-state index is -0.442. The highest BCUT2D eigenvalue weighted by molar-refractivity contribution is 5.91. The second kappa shape index (κ2) is 8.93. The average Bonchev–Trinajstić information content (AvgIpc) is 2.74. The summed E-state index contributed by atoms with van der Waals surface area (Å²) in [5, 5.41) is 0. The molecule has 2 aromatic rings. The first kappa shape index (κ1) is 22.5. The molecule has 31 heavy (non-hydrogen) atoms. The van der Waals surface area contributed by atoms with Gasteiger partial charge in [-0.1, -0.05) is 58.5 Å². The first-order valence-corrected chi connectivity index (χ1v) is 10.6. The van der Waals surface area contributed by atoms with E-state index < -0.39 is 11.9 Å². The SMILES string of the molecule is C=CCOC(=O)c1ccc(C=CC(=O)Oc2ccc3c(c2)C(C)(C)CCC3(C)C)cc1. The number of esters is 2. The van der Waals surface area contributed by atoms with E-state index in [9.17, 15) is 9.59 Å². The van der Waals surface area contributed by atoms with Crippen molar-refractivity contribution in [1.29, 1.82) is 0 Å². The van der Waals surface area contributed by atoms with Crippen molar-refractivity contribution in [3.05, 3.63) is 83.4 Å². The van der Waals surface area contributed by atoms with Gasteiger partial charge in [0.15, 0.2) is 0 Å². The molecule has 0 atom stereocenters. The lowest BCUT2D eigenvalue weighted by Gasteiger charge is -2.41. The van der Waals surface area contributed by atoms with Crippen LogP contribution < -0.4 is 4.74 Å². The van der Waals surface area contributed by atoms with Gasteiger partial charge in [0.2, 0.25) is 0 Å². The first-order chi connectivity index (χ1) is 14.6. The zero-order valence-corrected chi connectivity index (χ0v) is 18.7. The van der Waals surface area contributed by atoms with Crippen LogP contribution in [0.15, 0.2) is 61.2 Å². The zero-order valence-electron chi connectivity index (χ0n) is 18.7. The first-order valence-electron chi connectivity index (χ1n) is 10.6. The molecule has 162 valence electrons. The van der Waals surface area contributed by atoms with E-state index in [2.05, 4.69) is 40.3 Å². The van der Waals surface area contributed by atoms with Crippen molar-refractivity contribution in [2.75, 3.05) is 6.61 Å². The Balaban J connectivity index is 1.68. The fourth-order valence-corrected chi connectivity index (χ4v) is 3.89. The predicted octanol–water partition coefficient (Wildman–Crippen LogP) is 6.00. The summed E-state index contributed by atoms with van der Waals surface area (Å²) in [6.07, 6.45) is 6.80. The van der Waals surface area contributed by atoms with Gasteiger partial charge in [-0.05, 0) is 70.7 Å². The highest BCUT2D eigenvalue weighted by Crippen LogP contribution is 2.46. The molecule has 0 fully saturated rings. The summed E-state index contributed by atoms with van der Waals surface area (Å²) in [6.45, 7) is 12.7. The van der Waals surface area contributed by atoms with Crippen LogP contribution in [0.25, 0.3) is 6.08 Å². The average molecular weight is 419 g/mol. The van der Waals surface area contributed by atoms with Crippen LogP contribution in [0.5, 0.6) is 5.75 Å². The Morgan fingerprint density at radius 3 is 2.26 bits per heavy atom. The topological polar surface area (TPSA) is 52.6 Å². The number of carbonyl (C=O) groups is 2. The maximum atomic E-state index is 12.3. The van der Waals surface area contributed by atoms with E-state index in [0.29, 0.717) is 11.3 Å². The van der Waals surface area contributed by atoms with Gasteiger partial charge in [-0.25, -0.2) is 9.59 Å². The molecule has 0 saturated carbocycles. The third-order valence-electron chi connectivity index (χ3n) is 5.93. The van der Waals surface area contributed by atoms with Crippen LogP contribution in [0.1, 0.15) is 67.6 Å². The fourth-order valence-electron chi connectivity index (χ4n) is 3.89. The molecule has 4 nitrogen and oxygen atoms in total. The van der Waals surface area contributed by atoms with Crippen LogP contribution >= 0.6 is 0 Å². The minimum Gasteiger partial charge on any atom is -0.458 e. The second-order valence-electron chi connectivity index (χ2n) is 9.24. The zero-order chi connectivity index (χ0) is 22.6. The smallest absolute Gasteiger partial charge is 0.338 e. The van der Waals surface area contributed by atoms with E-state index in [-0.39, 0.29) is 17.4 Å². The summed E-state index contributed by atoms with van der Waals surface area (Å²) in [4.78, 5) is 24.2. The van der Waals surface area contributed by atoms with Gasteiger partial charge in [0.1, 0.15) is 12.4 Å². The van der Waals surface area contributed by atoms with E-state index >= 15 is 0 Å². The maximum absolute atomic E-state index is 12.3. The number of hydrogen-bond acceptors (Lipinski definition) is 4. The molecule has 2 aromatic carbocycles. The van der Waals surface area contributed by atoms with Gasteiger partial charge < -0.3 is 9.47 Å². The Bertz CT molecular complexity index is 1010. The molecule has 0 saturated heterocycles. The number of fused-ring (bicyclic) bond motifs is 1.